The molecule has 19 heavy (non-hydrogen) atoms. The van der Waals surface area contributed by atoms with Crippen LogP contribution in [0, 0.1) is 5.82 Å². The van der Waals surface area contributed by atoms with Gasteiger partial charge in [0, 0.05) is 26.2 Å². The van der Waals surface area contributed by atoms with Crippen LogP contribution in [0.25, 0.3) is 0 Å². The summed E-state index contributed by atoms with van der Waals surface area (Å²) in [5, 5.41) is 3.90. The predicted molar refractivity (Wildman–Crippen MR) is 79.5 cm³/mol. The van der Waals surface area contributed by atoms with Crippen molar-refractivity contribution in [3.05, 3.63) is 58.9 Å². The molecular weight excluding hydrogens is 263 g/mol. The molecule has 0 aliphatic carbocycles. The van der Waals surface area contributed by atoms with Crippen LogP contribution in [-0.4, -0.2) is 14.1 Å². The van der Waals surface area contributed by atoms with Crippen molar-refractivity contribution in [2.75, 3.05) is 24.3 Å². The smallest absolute Gasteiger partial charge is 0.128 e. The van der Waals surface area contributed by atoms with Crippen LogP contribution < -0.4 is 10.2 Å². The van der Waals surface area contributed by atoms with E-state index >= 15 is 0 Å². The minimum Gasteiger partial charge on any atom is -0.379 e. The highest BCUT2D eigenvalue weighted by molar-refractivity contribution is 6.34. The zero-order valence-electron chi connectivity index (χ0n) is 11.0. The third-order valence-corrected chi connectivity index (χ3v) is 3.17. The Kier molecular flexibility index (Phi) is 4.27. The lowest BCUT2D eigenvalue weighted by Crippen LogP contribution is -2.13. The number of halogens is 2. The first-order valence-electron chi connectivity index (χ1n) is 6.02. The molecular formula is C15H16ClFN2. The summed E-state index contributed by atoms with van der Waals surface area (Å²) in [6, 6.07) is 12.4. The topological polar surface area (TPSA) is 15.3 Å². The molecule has 0 fully saturated rings. The monoisotopic (exact) mass is 278 g/mol. The van der Waals surface area contributed by atoms with Gasteiger partial charge in [0.2, 0.25) is 0 Å². The molecule has 4 heteroatoms. The second-order valence-electron chi connectivity index (χ2n) is 4.48. The van der Waals surface area contributed by atoms with Gasteiger partial charge in [-0.2, -0.15) is 0 Å². The Bertz CT molecular complexity index is 570. The van der Waals surface area contributed by atoms with E-state index in [-0.39, 0.29) is 5.82 Å². The van der Waals surface area contributed by atoms with Crippen molar-refractivity contribution in [1.82, 2.24) is 0 Å². The van der Waals surface area contributed by atoms with Crippen LogP contribution in [-0.2, 0) is 6.54 Å². The van der Waals surface area contributed by atoms with Crippen molar-refractivity contribution in [3.8, 4) is 0 Å². The van der Waals surface area contributed by atoms with E-state index in [1.165, 1.54) is 6.07 Å². The Morgan fingerprint density at radius 3 is 2.53 bits per heavy atom. The number of para-hydroxylation sites is 1. The van der Waals surface area contributed by atoms with E-state index in [1.54, 1.807) is 12.1 Å². The SMILES string of the molecule is CN(C)c1c(Cl)cccc1NCc1ccccc1F. The van der Waals surface area contributed by atoms with Gasteiger partial charge in [-0.15, -0.1) is 0 Å². The summed E-state index contributed by atoms with van der Waals surface area (Å²) in [5.74, 6) is -0.205. The van der Waals surface area contributed by atoms with E-state index in [0.29, 0.717) is 17.1 Å². The van der Waals surface area contributed by atoms with E-state index in [2.05, 4.69) is 5.32 Å². The second-order valence-corrected chi connectivity index (χ2v) is 4.88. The maximum Gasteiger partial charge on any atom is 0.128 e. The van der Waals surface area contributed by atoms with Crippen LogP contribution in [0.1, 0.15) is 5.56 Å². The van der Waals surface area contributed by atoms with Gasteiger partial charge >= 0.3 is 0 Å². The van der Waals surface area contributed by atoms with Gasteiger partial charge in [0.15, 0.2) is 0 Å². The van der Waals surface area contributed by atoms with Crippen LogP contribution in [0.2, 0.25) is 5.02 Å². The highest BCUT2D eigenvalue weighted by Gasteiger charge is 2.09. The van der Waals surface area contributed by atoms with E-state index in [1.807, 2.05) is 43.3 Å². The number of rotatable bonds is 4. The van der Waals surface area contributed by atoms with E-state index in [4.69, 9.17) is 11.6 Å². The van der Waals surface area contributed by atoms with Crippen LogP contribution in [0.15, 0.2) is 42.5 Å². The molecule has 0 saturated carbocycles. The normalized spacial score (nSPS) is 10.3. The molecule has 2 aromatic carbocycles. The molecule has 0 radical (unpaired) electrons. The van der Waals surface area contributed by atoms with Gasteiger partial charge < -0.3 is 10.2 Å². The van der Waals surface area contributed by atoms with Gasteiger partial charge in [-0.05, 0) is 18.2 Å². The summed E-state index contributed by atoms with van der Waals surface area (Å²) in [4.78, 5) is 1.94. The molecule has 0 unspecified atom stereocenters. The Morgan fingerprint density at radius 2 is 1.84 bits per heavy atom. The second kappa shape index (κ2) is 5.93. The Morgan fingerprint density at radius 1 is 1.11 bits per heavy atom. The molecule has 2 nitrogen and oxygen atoms in total. The van der Waals surface area contributed by atoms with Gasteiger partial charge in [0.05, 0.1) is 16.4 Å². The molecule has 0 amide bonds. The third-order valence-electron chi connectivity index (χ3n) is 2.86. The molecule has 2 aromatic rings. The molecule has 0 aromatic heterocycles. The molecule has 0 heterocycles. The Hall–Kier alpha value is -1.74. The molecule has 0 aliphatic rings. The summed E-state index contributed by atoms with van der Waals surface area (Å²) >= 11 is 6.18. The minimum atomic E-state index is -0.205. The predicted octanol–water partition coefficient (Wildman–Crippen LogP) is 4.16. The highest BCUT2D eigenvalue weighted by Crippen LogP contribution is 2.32. The number of anilines is 2. The highest BCUT2D eigenvalue weighted by atomic mass is 35.5. The Balaban J connectivity index is 2.21. The number of hydrogen-bond donors (Lipinski definition) is 1. The van der Waals surface area contributed by atoms with E-state index in [0.717, 1.165) is 11.4 Å². The first-order chi connectivity index (χ1) is 9.09. The molecule has 100 valence electrons. The van der Waals surface area contributed by atoms with Gasteiger partial charge in [-0.25, -0.2) is 4.39 Å². The fourth-order valence-electron chi connectivity index (χ4n) is 1.94. The first kappa shape index (κ1) is 13.7. The standard InChI is InChI=1S/C15H16ClFN2/c1-19(2)15-12(16)7-5-9-14(15)18-10-11-6-3-4-8-13(11)17/h3-9,18H,10H2,1-2H3. The number of hydrogen-bond acceptors (Lipinski definition) is 2. The average molecular weight is 279 g/mol. The zero-order chi connectivity index (χ0) is 13.8. The lowest BCUT2D eigenvalue weighted by molar-refractivity contribution is 0.613. The third kappa shape index (κ3) is 3.18. The van der Waals surface area contributed by atoms with Crippen molar-refractivity contribution in [2.45, 2.75) is 6.54 Å². The van der Waals surface area contributed by atoms with Crippen LogP contribution in [0.5, 0.6) is 0 Å². The van der Waals surface area contributed by atoms with Crippen molar-refractivity contribution in [3.63, 3.8) is 0 Å². The fraction of sp³-hybridized carbons (Fsp3) is 0.200. The van der Waals surface area contributed by atoms with Crippen LogP contribution in [0.4, 0.5) is 15.8 Å². The van der Waals surface area contributed by atoms with Gasteiger partial charge in [0.25, 0.3) is 0 Å². The maximum absolute atomic E-state index is 13.6. The number of nitrogens with zero attached hydrogens (tertiary/aromatic N) is 1. The molecule has 0 bridgehead atoms. The molecule has 0 aliphatic heterocycles. The lowest BCUT2D eigenvalue weighted by Gasteiger charge is -2.20. The first-order valence-corrected chi connectivity index (χ1v) is 6.40. The summed E-state index contributed by atoms with van der Waals surface area (Å²) in [6.07, 6.45) is 0. The summed E-state index contributed by atoms with van der Waals surface area (Å²) in [6.45, 7) is 0.424. The van der Waals surface area contributed by atoms with Crippen molar-refractivity contribution in [2.24, 2.45) is 0 Å². The summed E-state index contributed by atoms with van der Waals surface area (Å²) in [7, 11) is 3.85. The Labute approximate surface area is 117 Å². The van der Waals surface area contributed by atoms with Gasteiger partial charge in [-0.1, -0.05) is 35.9 Å². The quantitative estimate of drug-likeness (QED) is 0.903. The van der Waals surface area contributed by atoms with Gasteiger partial charge in [-0.3, -0.25) is 0 Å². The van der Waals surface area contributed by atoms with Crippen molar-refractivity contribution < 1.29 is 4.39 Å². The fourth-order valence-corrected chi connectivity index (χ4v) is 2.29. The molecule has 1 N–H and O–H groups in total. The maximum atomic E-state index is 13.6. The molecule has 2 rings (SSSR count). The molecule has 0 saturated heterocycles. The summed E-state index contributed by atoms with van der Waals surface area (Å²) < 4.78 is 13.6. The van der Waals surface area contributed by atoms with E-state index in [9.17, 15) is 4.39 Å². The van der Waals surface area contributed by atoms with Crippen molar-refractivity contribution >= 4 is 23.0 Å². The zero-order valence-corrected chi connectivity index (χ0v) is 11.7. The average Bonchev–Trinajstić information content (AvgIpc) is 2.37. The number of benzene rings is 2. The van der Waals surface area contributed by atoms with Crippen LogP contribution in [0.3, 0.4) is 0 Å². The summed E-state index contributed by atoms with van der Waals surface area (Å²) in [5.41, 5.74) is 2.42. The largest absolute Gasteiger partial charge is 0.379 e. The van der Waals surface area contributed by atoms with Crippen molar-refractivity contribution in [1.29, 1.82) is 0 Å². The molecule has 0 atom stereocenters. The van der Waals surface area contributed by atoms with Gasteiger partial charge in [0.1, 0.15) is 5.82 Å². The minimum absolute atomic E-state index is 0.205. The molecule has 0 spiro atoms. The van der Waals surface area contributed by atoms with E-state index < -0.39 is 0 Å². The van der Waals surface area contributed by atoms with Crippen LogP contribution >= 0.6 is 11.6 Å². The lowest BCUT2D eigenvalue weighted by atomic mass is 10.2. The number of nitrogens with one attached hydrogen (secondary N) is 1.